The van der Waals surface area contributed by atoms with Crippen LogP contribution in [0.3, 0.4) is 0 Å². The third kappa shape index (κ3) is 26.2. The summed E-state index contributed by atoms with van der Waals surface area (Å²) in [4.78, 5) is 123. The van der Waals surface area contributed by atoms with E-state index in [9.17, 15) is 82.0 Å². The van der Waals surface area contributed by atoms with Crippen LogP contribution < -0.4 is 63.1 Å². The van der Waals surface area contributed by atoms with Crippen LogP contribution in [0.2, 0.25) is 0 Å². The highest BCUT2D eigenvalue weighted by atomic mass is 19.4. The normalized spacial score (nSPS) is 11.5. The number of para-hydroxylation sites is 4. The molecule has 5 aromatic carbocycles. The number of halogens is 12. The van der Waals surface area contributed by atoms with Crippen LogP contribution in [0, 0.1) is 10.1 Å². The number of benzene rings is 5. The van der Waals surface area contributed by atoms with Crippen molar-refractivity contribution in [2.75, 3.05) is 68.6 Å². The average Bonchev–Trinajstić information content (AvgIpc) is 0.773. The lowest BCUT2D eigenvalue weighted by atomic mass is 10.1. The lowest BCUT2D eigenvalue weighted by molar-refractivity contribution is -0.383. The van der Waals surface area contributed by atoms with Gasteiger partial charge >= 0.3 is 48.6 Å². The minimum Gasteiger partial charge on any atom is -0.493 e. The number of nitrogens with two attached hydrogens (primary N) is 4. The van der Waals surface area contributed by atoms with Crippen molar-refractivity contribution in [3.05, 3.63) is 166 Å². The zero-order valence-corrected chi connectivity index (χ0v) is 57.3. The van der Waals surface area contributed by atoms with Gasteiger partial charge in [-0.05, 0) is 107 Å². The van der Waals surface area contributed by atoms with Crippen molar-refractivity contribution in [2.45, 2.75) is 63.4 Å². The number of hydrogen-bond donors (Lipinski definition) is 12. The van der Waals surface area contributed by atoms with Gasteiger partial charge in [-0.25, -0.2) is 39.1 Å². The number of rotatable bonds is 26. The van der Waals surface area contributed by atoms with Gasteiger partial charge in [0, 0.05) is 51.9 Å². The van der Waals surface area contributed by atoms with Crippen molar-refractivity contribution >= 4 is 114 Å². The number of hydrogen-bond acceptors (Lipinski definition) is 22. The molecule has 0 spiro atoms. The van der Waals surface area contributed by atoms with Gasteiger partial charge in [0.15, 0.2) is 5.52 Å². The van der Waals surface area contributed by atoms with E-state index in [1.807, 2.05) is 37.3 Å². The number of fused-ring (bicyclic) bond motifs is 4. The summed E-state index contributed by atoms with van der Waals surface area (Å²) in [7, 11) is 0. The van der Waals surface area contributed by atoms with Crippen molar-refractivity contribution in [3.8, 4) is 23.0 Å². The summed E-state index contributed by atoms with van der Waals surface area (Å²) in [5.41, 5.74) is 24.4. The van der Waals surface area contributed by atoms with Gasteiger partial charge in [-0.1, -0.05) is 54.6 Å². The van der Waals surface area contributed by atoms with E-state index in [1.54, 1.807) is 66.7 Å². The molecule has 4 amide bonds. The second kappa shape index (κ2) is 40.3. The smallest absolute Gasteiger partial charge is 0.490 e. The van der Waals surface area contributed by atoms with E-state index in [2.05, 4.69) is 26.3 Å². The van der Waals surface area contributed by atoms with Crippen molar-refractivity contribution in [1.29, 1.82) is 0 Å². The molecule has 0 aliphatic rings. The molecule has 4 heterocycles. The van der Waals surface area contributed by atoms with E-state index in [1.165, 1.54) is 30.3 Å². The topological polar surface area (TPSA) is 501 Å². The number of nitrogens with zero attached hydrogens (tertiary/aromatic N) is 5. The highest BCUT2D eigenvalue weighted by Gasteiger charge is 2.40. The fourth-order valence-electron chi connectivity index (χ4n) is 8.96. The number of amides is 4. The van der Waals surface area contributed by atoms with E-state index in [0.29, 0.717) is 79.2 Å². The molecule has 0 saturated carbocycles. The van der Waals surface area contributed by atoms with Gasteiger partial charge in [-0.2, -0.15) is 52.7 Å². The number of ether oxygens (including phenoxy) is 4. The van der Waals surface area contributed by atoms with Crippen LogP contribution in [0.4, 0.5) is 75.4 Å². The molecule has 9 rings (SSSR count). The third-order valence-electron chi connectivity index (χ3n) is 14.1. The number of carboxylic acids is 4. The minimum absolute atomic E-state index is 0.0490. The molecule has 0 aliphatic carbocycles. The van der Waals surface area contributed by atoms with E-state index in [0.717, 1.165) is 5.56 Å². The first-order valence-electron chi connectivity index (χ1n) is 31.9. The standard InChI is InChI=1S/C60H61N13O10.4C2HF3O2/c1-35(36-13-3-2-4-14-36)65-57(74)44-31-49(80-27-9-23-61)37-15-5-19-41(53(37)66-44)70-58(75)45-32-50(81-28-10-24-62)38-16-6-20-42(54(38)67-45)71-59(76)46-33-51(82-29-11-25-63)39-17-7-21-43(55(39)68-46)72-60(77)47-34-52(83-30-12-26-64)40-18-8-22-48(73(78)79)56(40)69-47;4*3-2(4,5)1(6)7/h2-8,13-22,31-35H,9-12,23-30,61-64H2,1H3,(H,65,74)(H,70,75)(H,71,76)(H,72,77);4*(H,6,7)/t35-;;;;/m1..../s1. The number of non-ortho nitro benzene ring substituents is 1. The molecule has 0 saturated heterocycles. The number of alkyl halides is 12. The summed E-state index contributed by atoms with van der Waals surface area (Å²) in [6.07, 6.45) is -18.4. The zero-order chi connectivity index (χ0) is 82.7. The van der Waals surface area contributed by atoms with Gasteiger partial charge < -0.3 is 83.6 Å². The van der Waals surface area contributed by atoms with Gasteiger partial charge in [0.05, 0.1) is 71.0 Å². The number of carboxylic acid groups (broad SMARTS) is 4. The SMILES string of the molecule is C[C@@H](NC(=O)c1cc(OCCCN)c2cccc(NC(=O)c3cc(OCCCN)c4cccc(NC(=O)c5cc(OCCCN)c6cccc(NC(=O)c7cc(OCCCN)c8cccc([N+](=O)[O-])c8n7)c6n5)c4n3)c2n1)c1ccccc1.O=C(O)C(F)(F)F.O=C(O)C(F)(F)F.O=C(O)C(F)(F)F.O=C(O)C(F)(F)F. The maximum atomic E-state index is 14.7. The van der Waals surface area contributed by atoms with Gasteiger partial charge in [-0.3, -0.25) is 29.3 Å². The van der Waals surface area contributed by atoms with Gasteiger partial charge in [0.1, 0.15) is 45.8 Å². The van der Waals surface area contributed by atoms with Crippen molar-refractivity contribution in [2.24, 2.45) is 22.9 Å². The number of aromatic nitrogens is 4. The average molecular weight is 1580 g/mol. The van der Waals surface area contributed by atoms with Crippen LogP contribution in [-0.4, -0.2) is 170 Å². The number of aliphatic carboxylic acids is 4. The molecule has 4 aromatic heterocycles. The second-order valence-corrected chi connectivity index (χ2v) is 22.2. The number of nitro groups is 1. The second-order valence-electron chi connectivity index (χ2n) is 22.2. The maximum absolute atomic E-state index is 14.7. The van der Waals surface area contributed by atoms with Crippen LogP contribution in [0.25, 0.3) is 43.6 Å². The number of nitro benzene ring substituents is 1. The summed E-state index contributed by atoms with van der Waals surface area (Å²) in [5, 5.41) is 54.0. The van der Waals surface area contributed by atoms with E-state index in [4.69, 9.17) is 96.4 Å². The third-order valence-corrected chi connectivity index (χ3v) is 14.1. The molecule has 1 atom stereocenters. The largest absolute Gasteiger partial charge is 0.493 e. The van der Waals surface area contributed by atoms with Crippen LogP contribution in [0.1, 0.15) is 86.2 Å². The van der Waals surface area contributed by atoms with E-state index >= 15 is 0 Å². The molecule has 16 N–H and O–H groups in total. The van der Waals surface area contributed by atoms with Gasteiger partial charge in [0.2, 0.25) is 0 Å². The van der Waals surface area contributed by atoms with Crippen LogP contribution in [0.15, 0.2) is 127 Å². The first-order chi connectivity index (χ1) is 52.2. The minimum atomic E-state index is -5.08. The Morgan fingerprint density at radius 3 is 0.919 bits per heavy atom. The van der Waals surface area contributed by atoms with Crippen molar-refractivity contribution in [3.63, 3.8) is 0 Å². The zero-order valence-electron chi connectivity index (χ0n) is 57.3. The summed E-state index contributed by atoms with van der Waals surface area (Å²) in [6, 6.07) is 34.5. The number of carbonyl (C=O) groups excluding carboxylic acids is 4. The fraction of sp³-hybridized carbons (Fsp3) is 0.265. The molecule has 43 heteroatoms. The maximum Gasteiger partial charge on any atom is 0.490 e. The molecule has 594 valence electrons. The summed E-state index contributed by atoms with van der Waals surface area (Å²) in [6.45, 7) is 4.01. The Balaban J connectivity index is 0.000000667. The fourth-order valence-corrected chi connectivity index (χ4v) is 8.96. The molecule has 0 aliphatic heterocycles. The Labute approximate surface area is 616 Å². The highest BCUT2D eigenvalue weighted by molar-refractivity contribution is 6.14. The van der Waals surface area contributed by atoms with Crippen LogP contribution in [-0.2, 0) is 19.2 Å². The molecule has 31 nitrogen and oxygen atoms in total. The molecular weight excluding hydrogens is 1510 g/mol. The Bertz CT molecular complexity index is 4730. The van der Waals surface area contributed by atoms with E-state index < -0.39 is 77.1 Å². The quantitative estimate of drug-likeness (QED) is 0.0104. The van der Waals surface area contributed by atoms with Gasteiger partial charge in [-0.15, -0.1) is 0 Å². The van der Waals surface area contributed by atoms with E-state index in [-0.39, 0.29) is 117 Å². The summed E-state index contributed by atoms with van der Waals surface area (Å²) in [5.74, 6) is -12.6. The molecule has 0 fully saturated rings. The predicted octanol–water partition coefficient (Wildman–Crippen LogP) is 10.5. The lowest BCUT2D eigenvalue weighted by Gasteiger charge is -2.17. The molecular formula is C68H65F12N13O18. The number of pyridine rings is 4. The lowest BCUT2D eigenvalue weighted by Crippen LogP contribution is -2.27. The first-order valence-corrected chi connectivity index (χ1v) is 31.9. The number of carbonyl (C=O) groups is 8. The monoisotopic (exact) mass is 1580 g/mol. The number of anilines is 3. The van der Waals surface area contributed by atoms with Crippen LogP contribution >= 0.6 is 0 Å². The Morgan fingerprint density at radius 2 is 0.658 bits per heavy atom. The molecule has 111 heavy (non-hydrogen) atoms. The first kappa shape index (κ1) is 88.7. The highest BCUT2D eigenvalue weighted by Crippen LogP contribution is 2.37. The van der Waals surface area contributed by atoms with Crippen molar-refractivity contribution < 1.29 is 135 Å². The Hall–Kier alpha value is -12.9. The van der Waals surface area contributed by atoms with Gasteiger partial charge in [0.25, 0.3) is 29.3 Å². The molecule has 0 unspecified atom stereocenters. The Kier molecular flexibility index (Phi) is 32.2. The van der Waals surface area contributed by atoms with Crippen molar-refractivity contribution in [1.82, 2.24) is 25.3 Å². The number of nitrogens with one attached hydrogen (secondary N) is 4. The molecule has 0 bridgehead atoms. The summed E-state index contributed by atoms with van der Waals surface area (Å²) < 4.78 is 151. The summed E-state index contributed by atoms with van der Waals surface area (Å²) >= 11 is 0. The van der Waals surface area contributed by atoms with Crippen LogP contribution in [0.5, 0.6) is 23.0 Å². The molecule has 9 aromatic rings. The Morgan fingerprint density at radius 1 is 0.405 bits per heavy atom. The molecule has 0 radical (unpaired) electrons. The predicted molar refractivity (Wildman–Crippen MR) is 371 cm³/mol.